The van der Waals surface area contributed by atoms with E-state index in [1.807, 2.05) is 6.92 Å². The second kappa shape index (κ2) is 14.3. The number of benzene rings is 2. The number of halogens is 2. The van der Waals surface area contributed by atoms with Gasteiger partial charge in [-0.25, -0.2) is 8.78 Å². The van der Waals surface area contributed by atoms with Gasteiger partial charge in [0.05, 0.1) is 50.1 Å². The largest absolute Gasteiger partial charge is 0.508 e. The molecule has 2 bridgehead atoms. The zero-order valence-electron chi connectivity index (χ0n) is 31.6. The van der Waals surface area contributed by atoms with Gasteiger partial charge in [0.1, 0.15) is 34.2 Å². The van der Waals surface area contributed by atoms with E-state index in [-0.39, 0.29) is 65.6 Å². The van der Waals surface area contributed by atoms with Crippen LogP contribution in [0.5, 0.6) is 11.8 Å². The molecule has 5 fully saturated rings. The summed E-state index contributed by atoms with van der Waals surface area (Å²) in [5.74, 6) is -0.998. The van der Waals surface area contributed by atoms with Crippen molar-refractivity contribution < 1.29 is 38.3 Å². The van der Waals surface area contributed by atoms with Gasteiger partial charge in [0.2, 0.25) is 0 Å². The molecule has 11 nitrogen and oxygen atoms in total. The molecule has 9 rings (SSSR count). The molecule has 2 aromatic heterocycles. The van der Waals surface area contributed by atoms with E-state index in [0.29, 0.717) is 59.5 Å². The minimum absolute atomic E-state index is 0.00576. The number of likely N-dealkylation sites (tertiary alicyclic amines) is 1. The minimum Gasteiger partial charge on any atom is -0.508 e. The van der Waals surface area contributed by atoms with Crippen LogP contribution >= 0.6 is 0 Å². The van der Waals surface area contributed by atoms with Crippen molar-refractivity contribution in [2.24, 2.45) is 5.41 Å². The van der Waals surface area contributed by atoms with Gasteiger partial charge < -0.3 is 34.4 Å². The van der Waals surface area contributed by atoms with Gasteiger partial charge in [0.15, 0.2) is 5.82 Å². The number of hydrogen-bond donors (Lipinski definition) is 3. The van der Waals surface area contributed by atoms with Gasteiger partial charge in [-0.15, -0.1) is 0 Å². The number of aliphatic hydroxyl groups is 2. The maximum Gasteiger partial charge on any atom is 0.319 e. The number of phenols is 1. The number of aryl methyl sites for hydroxylation is 1. The van der Waals surface area contributed by atoms with Crippen LogP contribution in [-0.2, 0) is 15.9 Å². The minimum atomic E-state index is -1.31. The number of pyridine rings is 1. The molecule has 3 N–H and O–H groups in total. The van der Waals surface area contributed by atoms with Crippen LogP contribution in [0.25, 0.3) is 32.9 Å². The molecule has 5 aliphatic rings. The number of anilines is 1. The summed E-state index contributed by atoms with van der Waals surface area (Å²) < 4.78 is 51.1. The zero-order chi connectivity index (χ0) is 38.1. The summed E-state index contributed by atoms with van der Waals surface area (Å²) in [6.45, 7) is 4.89. The van der Waals surface area contributed by atoms with Crippen molar-refractivity contribution in [1.82, 2.24) is 19.9 Å². The summed E-state index contributed by atoms with van der Waals surface area (Å²) in [6.07, 6.45) is 11.7. The number of nitrogens with zero attached hydrogens (tertiary/aromatic N) is 5. The standard InChI is InChI=1S/C42H51F2N5O6/c1-3-30-33(43)10-7-24-14-26(51)17-31(35(24)30)37-36(44)38-32(18-45-37)39(48-19-29(20-50)53-22-41(2,52)21-48)47-40(46-38)54-23-42-11-4-6-34(42)49(13-5-12-42)25-15-27-8-9-28(16-25)55-27/h7,10,14,17-18,25,27-29,34,50-52H,3-6,8-9,11-13,15-16,19-23H2,1-2H3/t25?,27?,28?,29-,34-,41+,42-/m1/s1. The Morgan fingerprint density at radius 1 is 1.05 bits per heavy atom. The molecule has 2 unspecified atom stereocenters. The molecule has 6 atom stereocenters. The molecule has 294 valence electrons. The zero-order valence-corrected chi connectivity index (χ0v) is 31.6. The van der Waals surface area contributed by atoms with Crippen molar-refractivity contribution in [1.29, 1.82) is 0 Å². The van der Waals surface area contributed by atoms with Gasteiger partial charge in [0, 0.05) is 35.8 Å². The van der Waals surface area contributed by atoms with Gasteiger partial charge in [-0.1, -0.05) is 19.4 Å². The maximum atomic E-state index is 17.3. The fourth-order valence-corrected chi connectivity index (χ4v) is 10.6. The quantitative estimate of drug-likeness (QED) is 0.194. The van der Waals surface area contributed by atoms with E-state index in [9.17, 15) is 15.3 Å². The molecule has 2 aromatic carbocycles. The third kappa shape index (κ3) is 6.69. The molecule has 4 aromatic rings. The molecular weight excluding hydrogens is 708 g/mol. The van der Waals surface area contributed by atoms with E-state index in [4.69, 9.17) is 24.2 Å². The van der Waals surface area contributed by atoms with Crippen LogP contribution in [0.2, 0.25) is 0 Å². The summed E-state index contributed by atoms with van der Waals surface area (Å²) in [6, 6.07) is 6.73. The summed E-state index contributed by atoms with van der Waals surface area (Å²) >= 11 is 0. The van der Waals surface area contributed by atoms with Crippen molar-refractivity contribution in [3.63, 3.8) is 0 Å². The molecule has 0 radical (unpaired) electrons. The third-order valence-electron chi connectivity index (χ3n) is 13.1. The Kier molecular flexibility index (Phi) is 9.60. The number of aliphatic hydroxyl groups excluding tert-OH is 1. The van der Waals surface area contributed by atoms with Crippen LogP contribution in [0.15, 0.2) is 30.5 Å². The summed E-state index contributed by atoms with van der Waals surface area (Å²) in [4.78, 5) is 18.7. The third-order valence-corrected chi connectivity index (χ3v) is 13.1. The van der Waals surface area contributed by atoms with Gasteiger partial charge >= 0.3 is 6.01 Å². The molecule has 0 amide bonds. The molecule has 1 aliphatic carbocycles. The number of β-amino-alcohol motifs (C(OH)–C–C–N with tert-alkyl or cyclic N) is 1. The lowest BCUT2D eigenvalue weighted by Crippen LogP contribution is -2.57. The van der Waals surface area contributed by atoms with Crippen molar-refractivity contribution in [3.05, 3.63) is 47.7 Å². The Morgan fingerprint density at radius 2 is 1.85 bits per heavy atom. The lowest BCUT2D eigenvalue weighted by molar-refractivity contribution is -0.0798. The topological polar surface area (TPSA) is 134 Å². The first-order valence-electron chi connectivity index (χ1n) is 20.1. The van der Waals surface area contributed by atoms with E-state index in [0.717, 1.165) is 64.3 Å². The van der Waals surface area contributed by atoms with Gasteiger partial charge in [-0.3, -0.25) is 9.88 Å². The van der Waals surface area contributed by atoms with Crippen LogP contribution in [0, 0.1) is 17.0 Å². The summed E-state index contributed by atoms with van der Waals surface area (Å²) in [7, 11) is 0. The molecule has 55 heavy (non-hydrogen) atoms. The lowest BCUT2D eigenvalue weighted by atomic mass is 9.74. The Balaban J connectivity index is 1.13. The average molecular weight is 760 g/mol. The highest BCUT2D eigenvalue weighted by Gasteiger charge is 2.51. The molecular formula is C42H51F2N5O6. The number of aromatic hydroxyl groups is 1. The van der Waals surface area contributed by atoms with E-state index >= 15 is 8.78 Å². The van der Waals surface area contributed by atoms with Crippen LogP contribution in [0.4, 0.5) is 14.6 Å². The first-order valence-corrected chi connectivity index (χ1v) is 20.1. The van der Waals surface area contributed by atoms with Crippen LogP contribution in [0.3, 0.4) is 0 Å². The first kappa shape index (κ1) is 36.9. The summed E-state index contributed by atoms with van der Waals surface area (Å²) in [5.41, 5.74) is -0.907. The van der Waals surface area contributed by atoms with Crippen molar-refractivity contribution in [2.45, 2.75) is 114 Å². The molecule has 0 spiro atoms. The highest BCUT2D eigenvalue weighted by molar-refractivity contribution is 6.01. The Morgan fingerprint density at radius 3 is 2.64 bits per heavy atom. The molecule has 1 saturated carbocycles. The SMILES string of the molecule is CCc1c(F)ccc2cc(O)cc(-c3ncc4c(N5C[C@H](CO)OC[C@@](C)(O)C5)nc(OC[C@]56CCC[C@H]5N(C5CC7CCC(C5)O7)CCC6)nc4c3F)c12. The number of phenolic OH excluding ortho intramolecular Hbond substituents is 1. The first-order chi connectivity index (χ1) is 26.5. The maximum absolute atomic E-state index is 17.3. The number of hydrogen-bond acceptors (Lipinski definition) is 11. The average Bonchev–Trinajstić information content (AvgIpc) is 3.72. The van der Waals surface area contributed by atoms with Crippen molar-refractivity contribution in [2.75, 3.05) is 44.4 Å². The molecule has 4 saturated heterocycles. The monoisotopic (exact) mass is 759 g/mol. The second-order valence-electron chi connectivity index (χ2n) is 17.0. The molecule has 4 aliphatic heterocycles. The van der Waals surface area contributed by atoms with Crippen molar-refractivity contribution in [3.8, 4) is 23.0 Å². The Bertz CT molecular complexity index is 2090. The number of fused-ring (bicyclic) bond motifs is 5. The van der Waals surface area contributed by atoms with Crippen molar-refractivity contribution >= 4 is 27.5 Å². The highest BCUT2D eigenvalue weighted by atomic mass is 19.1. The summed E-state index contributed by atoms with van der Waals surface area (Å²) in [5, 5.41) is 33.4. The van der Waals surface area contributed by atoms with Crippen LogP contribution in [0.1, 0.15) is 77.2 Å². The normalized spacial score (nSPS) is 31.2. The number of aromatic nitrogens is 3. The van der Waals surface area contributed by atoms with Gasteiger partial charge in [-0.05, 0) is 106 Å². The van der Waals surface area contributed by atoms with E-state index in [1.165, 1.54) is 24.4 Å². The number of piperidine rings is 1. The fourth-order valence-electron chi connectivity index (χ4n) is 10.6. The second-order valence-corrected chi connectivity index (χ2v) is 17.0. The number of rotatable bonds is 8. The van der Waals surface area contributed by atoms with E-state index in [1.54, 1.807) is 17.9 Å². The predicted molar refractivity (Wildman–Crippen MR) is 203 cm³/mol. The smallest absolute Gasteiger partial charge is 0.319 e. The lowest BCUT2D eigenvalue weighted by Gasteiger charge is -2.50. The molecule has 6 heterocycles. The molecule has 13 heteroatoms. The predicted octanol–water partition coefficient (Wildman–Crippen LogP) is 6.06. The highest BCUT2D eigenvalue weighted by Crippen LogP contribution is 2.50. The van der Waals surface area contributed by atoms with Gasteiger partial charge in [0.25, 0.3) is 0 Å². The van der Waals surface area contributed by atoms with Crippen LogP contribution < -0.4 is 9.64 Å². The fraction of sp³-hybridized carbons (Fsp3) is 0.595. The van der Waals surface area contributed by atoms with E-state index < -0.39 is 23.3 Å². The van der Waals surface area contributed by atoms with Gasteiger partial charge in [-0.2, -0.15) is 9.97 Å². The van der Waals surface area contributed by atoms with E-state index in [2.05, 4.69) is 9.88 Å². The Labute approximate surface area is 319 Å². The van der Waals surface area contributed by atoms with Crippen LogP contribution in [-0.4, -0.2) is 111 Å². The Hall–Kier alpha value is -3.75. The number of ether oxygens (including phenoxy) is 3.